The molecule has 0 spiro atoms. The molecule has 1 unspecified atom stereocenters. The number of aryl methyl sites for hydroxylation is 1. The lowest BCUT2D eigenvalue weighted by molar-refractivity contribution is -0.120. The van der Waals surface area contributed by atoms with Crippen molar-refractivity contribution in [1.82, 2.24) is 9.36 Å². The second-order valence-corrected chi connectivity index (χ2v) is 5.89. The van der Waals surface area contributed by atoms with Gasteiger partial charge in [0.15, 0.2) is 4.34 Å². The fraction of sp³-hybridized carbons (Fsp3) is 0.700. The summed E-state index contributed by atoms with van der Waals surface area (Å²) < 4.78 is 5.15. The third-order valence-electron chi connectivity index (χ3n) is 2.63. The van der Waals surface area contributed by atoms with Gasteiger partial charge in [0.05, 0.1) is 0 Å². The zero-order valence-electron chi connectivity index (χ0n) is 8.73. The highest BCUT2D eigenvalue weighted by molar-refractivity contribution is 8.00. The highest BCUT2D eigenvalue weighted by atomic mass is 32.2. The van der Waals surface area contributed by atoms with Gasteiger partial charge in [-0.25, -0.2) is 4.98 Å². The van der Waals surface area contributed by atoms with E-state index < -0.39 is 0 Å². The van der Waals surface area contributed by atoms with Crippen molar-refractivity contribution >= 4 is 29.1 Å². The van der Waals surface area contributed by atoms with Crippen LogP contribution in [0.15, 0.2) is 4.34 Å². The monoisotopic (exact) mass is 242 g/mol. The molecule has 1 aromatic rings. The Balaban J connectivity index is 1.73. The summed E-state index contributed by atoms with van der Waals surface area (Å²) in [5.41, 5.74) is 0. The van der Waals surface area contributed by atoms with Crippen LogP contribution >= 0.6 is 23.3 Å². The van der Waals surface area contributed by atoms with E-state index in [4.69, 9.17) is 0 Å². The molecule has 15 heavy (non-hydrogen) atoms. The number of rotatable bonds is 4. The molecule has 0 aromatic carbocycles. The molecule has 0 radical (unpaired) electrons. The molecule has 0 N–H and O–H groups in total. The highest BCUT2D eigenvalue weighted by Crippen LogP contribution is 2.28. The zero-order valence-corrected chi connectivity index (χ0v) is 10.4. The van der Waals surface area contributed by atoms with E-state index in [1.165, 1.54) is 11.5 Å². The summed E-state index contributed by atoms with van der Waals surface area (Å²) in [4.78, 5) is 15.7. The third-order valence-corrected chi connectivity index (χ3v) is 4.59. The number of hydrogen-bond acceptors (Lipinski definition) is 5. The second kappa shape index (κ2) is 5.07. The lowest BCUT2D eigenvalue weighted by atomic mass is 10.1. The van der Waals surface area contributed by atoms with Crippen molar-refractivity contribution in [3.63, 3.8) is 0 Å². The predicted octanol–water partition coefficient (Wildman–Crippen LogP) is 2.70. The minimum absolute atomic E-state index is 0.325. The molecular weight excluding hydrogens is 228 g/mol. The molecule has 2 rings (SSSR count). The van der Waals surface area contributed by atoms with Gasteiger partial charge in [0.2, 0.25) is 0 Å². The fourth-order valence-electron chi connectivity index (χ4n) is 1.82. The number of ketones is 1. The Bertz CT molecular complexity index is 351. The van der Waals surface area contributed by atoms with E-state index in [-0.39, 0.29) is 0 Å². The Morgan fingerprint density at radius 2 is 2.47 bits per heavy atom. The van der Waals surface area contributed by atoms with Crippen molar-refractivity contribution in [3.05, 3.63) is 5.82 Å². The third kappa shape index (κ3) is 3.01. The Morgan fingerprint density at radius 1 is 1.60 bits per heavy atom. The first-order valence-corrected chi connectivity index (χ1v) is 6.97. The minimum Gasteiger partial charge on any atom is -0.299 e. The molecule has 3 nitrogen and oxygen atoms in total. The van der Waals surface area contributed by atoms with Gasteiger partial charge in [0.25, 0.3) is 0 Å². The van der Waals surface area contributed by atoms with Crippen LogP contribution in [0.5, 0.6) is 0 Å². The lowest BCUT2D eigenvalue weighted by Gasteiger charge is -2.05. The molecule has 0 amide bonds. The Labute approximate surface area is 97.9 Å². The molecule has 1 heterocycles. The second-order valence-electron chi connectivity index (χ2n) is 3.80. The summed E-state index contributed by atoms with van der Waals surface area (Å²) in [5.74, 6) is 2.63. The summed E-state index contributed by atoms with van der Waals surface area (Å²) in [5, 5.41) is 0. The molecule has 82 valence electrons. The summed E-state index contributed by atoms with van der Waals surface area (Å²) in [6.45, 7) is 1.90. The van der Waals surface area contributed by atoms with Gasteiger partial charge in [-0.1, -0.05) is 11.8 Å². The summed E-state index contributed by atoms with van der Waals surface area (Å²) in [6.07, 6.45) is 3.98. The Morgan fingerprint density at radius 3 is 3.07 bits per heavy atom. The van der Waals surface area contributed by atoms with Gasteiger partial charge >= 0.3 is 0 Å². The summed E-state index contributed by atoms with van der Waals surface area (Å²) in [6, 6.07) is 0. The van der Waals surface area contributed by atoms with Crippen LogP contribution in [0.25, 0.3) is 0 Å². The van der Waals surface area contributed by atoms with Crippen LogP contribution in [0.4, 0.5) is 0 Å². The SMILES string of the molecule is Cc1nsc(SCCC2CCCC2=O)n1. The lowest BCUT2D eigenvalue weighted by Crippen LogP contribution is -2.06. The molecule has 0 bridgehead atoms. The number of Topliss-reactive ketones (excluding diaryl/α,β-unsaturated/α-hetero) is 1. The molecule has 1 aliphatic carbocycles. The quantitative estimate of drug-likeness (QED) is 0.761. The van der Waals surface area contributed by atoms with Crippen molar-refractivity contribution < 1.29 is 4.79 Å². The van der Waals surface area contributed by atoms with Crippen LogP contribution in [0.1, 0.15) is 31.5 Å². The highest BCUT2D eigenvalue weighted by Gasteiger charge is 2.23. The summed E-state index contributed by atoms with van der Waals surface area (Å²) >= 11 is 3.17. The van der Waals surface area contributed by atoms with Crippen LogP contribution in [-0.4, -0.2) is 20.9 Å². The number of thioether (sulfide) groups is 1. The fourth-order valence-corrected chi connectivity index (χ4v) is 3.59. The number of aromatic nitrogens is 2. The molecule has 1 fully saturated rings. The van der Waals surface area contributed by atoms with Crippen LogP contribution in [0, 0.1) is 12.8 Å². The van der Waals surface area contributed by atoms with Crippen molar-refractivity contribution in [2.45, 2.75) is 36.9 Å². The Kier molecular flexibility index (Phi) is 3.75. The number of carbonyl (C=O) groups is 1. The molecule has 5 heteroatoms. The normalized spacial score (nSPS) is 21.1. The number of hydrogen-bond donors (Lipinski definition) is 0. The number of carbonyl (C=O) groups excluding carboxylic acids is 1. The van der Waals surface area contributed by atoms with E-state index >= 15 is 0 Å². The van der Waals surface area contributed by atoms with Gasteiger partial charge in [0, 0.05) is 18.1 Å². The van der Waals surface area contributed by atoms with Gasteiger partial charge in [0.1, 0.15) is 11.6 Å². The van der Waals surface area contributed by atoms with E-state index in [1.54, 1.807) is 11.8 Å². The largest absolute Gasteiger partial charge is 0.299 e. The van der Waals surface area contributed by atoms with Crippen LogP contribution in [0.2, 0.25) is 0 Å². The molecule has 1 aromatic heterocycles. The van der Waals surface area contributed by atoms with E-state index in [2.05, 4.69) is 9.36 Å². The van der Waals surface area contributed by atoms with E-state index in [1.807, 2.05) is 6.92 Å². The number of nitrogens with zero attached hydrogens (tertiary/aromatic N) is 2. The molecule has 1 saturated carbocycles. The van der Waals surface area contributed by atoms with Gasteiger partial charge < -0.3 is 0 Å². The average molecular weight is 242 g/mol. The molecule has 0 aliphatic heterocycles. The molecule has 0 saturated heterocycles. The van der Waals surface area contributed by atoms with Crippen molar-refractivity contribution in [2.24, 2.45) is 5.92 Å². The zero-order chi connectivity index (χ0) is 10.7. The summed E-state index contributed by atoms with van der Waals surface area (Å²) in [7, 11) is 0. The van der Waals surface area contributed by atoms with Crippen molar-refractivity contribution in [3.8, 4) is 0 Å². The van der Waals surface area contributed by atoms with Crippen LogP contribution < -0.4 is 0 Å². The maximum atomic E-state index is 11.4. The maximum Gasteiger partial charge on any atom is 0.170 e. The van der Waals surface area contributed by atoms with Gasteiger partial charge in [-0.3, -0.25) is 4.79 Å². The standard InChI is InChI=1S/C10H14N2OS2/c1-7-11-10(15-12-7)14-6-5-8-3-2-4-9(8)13/h8H,2-6H2,1H3. The minimum atomic E-state index is 0.325. The van der Waals surface area contributed by atoms with E-state index in [0.717, 1.165) is 41.6 Å². The van der Waals surface area contributed by atoms with Crippen molar-refractivity contribution in [2.75, 3.05) is 5.75 Å². The van der Waals surface area contributed by atoms with E-state index in [9.17, 15) is 4.79 Å². The van der Waals surface area contributed by atoms with Gasteiger partial charge in [-0.2, -0.15) is 4.37 Å². The van der Waals surface area contributed by atoms with Crippen LogP contribution in [-0.2, 0) is 4.79 Å². The molecule has 1 atom stereocenters. The van der Waals surface area contributed by atoms with Gasteiger partial charge in [-0.05, 0) is 37.7 Å². The predicted molar refractivity (Wildman–Crippen MR) is 62.3 cm³/mol. The maximum absolute atomic E-state index is 11.4. The van der Waals surface area contributed by atoms with Crippen molar-refractivity contribution in [1.29, 1.82) is 0 Å². The average Bonchev–Trinajstić information content (AvgIpc) is 2.77. The molecule has 1 aliphatic rings. The Hall–Kier alpha value is -0.420. The first-order chi connectivity index (χ1) is 7.25. The van der Waals surface area contributed by atoms with Gasteiger partial charge in [-0.15, -0.1) is 0 Å². The van der Waals surface area contributed by atoms with E-state index in [0.29, 0.717) is 11.7 Å². The molecular formula is C10H14N2OS2. The first kappa shape index (κ1) is 11.1. The topological polar surface area (TPSA) is 42.9 Å². The smallest absolute Gasteiger partial charge is 0.170 e. The van der Waals surface area contributed by atoms with Crippen LogP contribution in [0.3, 0.4) is 0 Å². The first-order valence-electron chi connectivity index (χ1n) is 5.21.